The predicted octanol–water partition coefficient (Wildman–Crippen LogP) is 4.73. The predicted molar refractivity (Wildman–Crippen MR) is 140 cm³/mol. The van der Waals surface area contributed by atoms with Gasteiger partial charge in [-0.1, -0.05) is 53.9 Å². The molecule has 1 aliphatic heterocycles. The number of carboxylic acids is 1. The van der Waals surface area contributed by atoms with E-state index in [9.17, 15) is 27.9 Å². The van der Waals surface area contributed by atoms with E-state index in [1.165, 1.54) is 4.90 Å². The molecule has 1 amide bonds. The minimum atomic E-state index is -3.41. The molecular weight excluding hydrogens is 478 g/mol. The van der Waals surface area contributed by atoms with Crippen LogP contribution in [0.2, 0.25) is 0 Å². The van der Waals surface area contributed by atoms with Gasteiger partial charge >= 0.3 is 5.97 Å². The number of ketones is 1. The number of fused-ring (bicyclic) bond motifs is 1. The quantitative estimate of drug-likeness (QED) is 0.491. The first-order chi connectivity index (χ1) is 16.2. The first-order valence-electron chi connectivity index (χ1n) is 13.5. The number of hydrogen-bond acceptors (Lipinski definition) is 5. The highest BCUT2D eigenvalue weighted by Crippen LogP contribution is 2.65. The molecule has 3 aliphatic rings. The summed E-state index contributed by atoms with van der Waals surface area (Å²) in [5.74, 6) is -1.86. The second-order valence-corrected chi connectivity index (χ2v) is 17.2. The molecule has 0 aromatic heterocycles. The first-order valence-corrected chi connectivity index (χ1v) is 15.2. The molecule has 0 aromatic rings. The molecule has 0 spiro atoms. The lowest BCUT2D eigenvalue weighted by Gasteiger charge is -2.40. The second kappa shape index (κ2) is 9.39. The van der Waals surface area contributed by atoms with Crippen molar-refractivity contribution in [2.75, 3.05) is 12.3 Å². The summed E-state index contributed by atoms with van der Waals surface area (Å²) in [6.07, 6.45) is 4.42. The Morgan fingerprint density at radius 2 is 1.56 bits per heavy atom. The highest BCUT2D eigenvalue weighted by molar-refractivity contribution is 7.92. The molecule has 0 unspecified atom stereocenters. The molecule has 7 nitrogen and oxygen atoms in total. The van der Waals surface area contributed by atoms with Crippen molar-refractivity contribution in [1.29, 1.82) is 0 Å². The van der Waals surface area contributed by atoms with Crippen molar-refractivity contribution in [2.24, 2.45) is 34.0 Å². The van der Waals surface area contributed by atoms with Crippen LogP contribution in [-0.4, -0.2) is 59.2 Å². The first kappa shape index (κ1) is 29.1. The number of carboxylic acid groups (broad SMARTS) is 1. The van der Waals surface area contributed by atoms with E-state index >= 15 is 0 Å². The van der Waals surface area contributed by atoms with Gasteiger partial charge in [0.05, 0.1) is 10.5 Å². The van der Waals surface area contributed by atoms with Gasteiger partial charge in [0.2, 0.25) is 5.91 Å². The molecule has 1 saturated heterocycles. The molecule has 0 aromatic carbocycles. The van der Waals surface area contributed by atoms with Gasteiger partial charge in [-0.15, -0.1) is 0 Å². The topological polar surface area (TPSA) is 109 Å². The molecular formula is C28H47NO6S. The van der Waals surface area contributed by atoms with Crippen molar-refractivity contribution in [1.82, 2.24) is 4.90 Å². The number of carbonyl (C=O) groups is 3. The highest BCUT2D eigenvalue weighted by Gasteiger charge is 2.70. The molecule has 2 saturated carbocycles. The van der Waals surface area contributed by atoms with Crippen molar-refractivity contribution in [3.05, 3.63) is 0 Å². The van der Waals surface area contributed by atoms with Crippen LogP contribution in [0, 0.1) is 34.0 Å². The van der Waals surface area contributed by atoms with Gasteiger partial charge in [-0.05, 0) is 55.8 Å². The normalized spacial score (nSPS) is 28.3. The number of hydrogen-bond donors (Lipinski definition) is 1. The maximum Gasteiger partial charge on any atom is 0.326 e. The molecule has 1 N–H and O–H groups in total. The smallest absolute Gasteiger partial charge is 0.326 e. The number of Topliss-reactive ketones (excluding diaryl/α,β-unsaturated/α-hetero) is 1. The van der Waals surface area contributed by atoms with Gasteiger partial charge in [0.25, 0.3) is 0 Å². The Kier molecular flexibility index (Phi) is 7.59. The lowest BCUT2D eigenvalue weighted by Crippen LogP contribution is -2.50. The fourth-order valence-corrected chi connectivity index (χ4v) is 8.40. The summed E-state index contributed by atoms with van der Waals surface area (Å²) in [6, 6.07) is -0.848. The van der Waals surface area contributed by atoms with Gasteiger partial charge in [0, 0.05) is 31.2 Å². The second-order valence-electron chi connectivity index (χ2n) is 14.5. The summed E-state index contributed by atoms with van der Waals surface area (Å²) in [5.41, 5.74) is -1.20. The molecule has 8 heteroatoms. The molecule has 3 rings (SSSR count). The van der Waals surface area contributed by atoms with Crippen molar-refractivity contribution in [3.8, 4) is 0 Å². The van der Waals surface area contributed by atoms with Crippen molar-refractivity contribution in [3.63, 3.8) is 0 Å². The summed E-state index contributed by atoms with van der Waals surface area (Å²) in [5, 5.41) is 9.93. The third-order valence-electron chi connectivity index (χ3n) is 9.44. The van der Waals surface area contributed by atoms with Crippen LogP contribution in [0.1, 0.15) is 100 Å². The third kappa shape index (κ3) is 5.53. The van der Waals surface area contributed by atoms with Crippen LogP contribution >= 0.6 is 0 Å². The largest absolute Gasteiger partial charge is 0.480 e. The zero-order valence-electron chi connectivity index (χ0n) is 23.5. The van der Waals surface area contributed by atoms with E-state index in [1.807, 2.05) is 20.8 Å². The average molecular weight is 526 g/mol. The zero-order valence-corrected chi connectivity index (χ0v) is 24.3. The van der Waals surface area contributed by atoms with Crippen LogP contribution in [-0.2, 0) is 24.2 Å². The Hall–Kier alpha value is -1.44. The SMILES string of the molecule is CC(C)(C)[C@H](CC(=O)CC1(CS(=O)(=O)C(C)(C)C)CCCCC1)C(=O)N1C[C@H]2[C@@H]([C@H]1C(=O)O)C2(C)C. The zero-order chi connectivity index (χ0) is 27.5. The molecule has 0 radical (unpaired) electrons. The summed E-state index contributed by atoms with van der Waals surface area (Å²) in [7, 11) is -3.41. The van der Waals surface area contributed by atoms with Gasteiger partial charge < -0.3 is 10.0 Å². The Labute approximate surface area is 217 Å². The number of aliphatic carboxylic acids is 1. The third-order valence-corrected chi connectivity index (χ3v) is 12.3. The lowest BCUT2D eigenvalue weighted by atomic mass is 9.70. The summed E-state index contributed by atoms with van der Waals surface area (Å²) >= 11 is 0. The van der Waals surface area contributed by atoms with Crippen LogP contribution in [0.25, 0.3) is 0 Å². The Morgan fingerprint density at radius 1 is 1.00 bits per heavy atom. The Morgan fingerprint density at radius 3 is 2.03 bits per heavy atom. The van der Waals surface area contributed by atoms with Gasteiger partial charge in [-0.25, -0.2) is 13.2 Å². The number of amides is 1. The van der Waals surface area contributed by atoms with Gasteiger partial charge in [0.15, 0.2) is 9.84 Å². The maximum atomic E-state index is 13.8. The average Bonchev–Trinajstić information content (AvgIpc) is 3.06. The number of nitrogens with zero attached hydrogens (tertiary/aromatic N) is 1. The fraction of sp³-hybridized carbons (Fsp3) is 0.893. The van der Waals surface area contributed by atoms with Gasteiger partial charge in [-0.2, -0.15) is 0 Å². The van der Waals surface area contributed by atoms with E-state index in [4.69, 9.17) is 0 Å². The Balaban J connectivity index is 1.80. The molecule has 206 valence electrons. The van der Waals surface area contributed by atoms with Crippen molar-refractivity contribution < 1.29 is 27.9 Å². The van der Waals surface area contributed by atoms with Crippen LogP contribution < -0.4 is 0 Å². The fourth-order valence-electron chi connectivity index (χ4n) is 6.77. The van der Waals surface area contributed by atoms with Crippen LogP contribution in [0.15, 0.2) is 0 Å². The maximum absolute atomic E-state index is 13.8. The number of rotatable bonds is 8. The summed E-state index contributed by atoms with van der Waals surface area (Å²) in [6.45, 7) is 15.4. The van der Waals surface area contributed by atoms with E-state index < -0.39 is 43.3 Å². The molecule has 0 bridgehead atoms. The lowest BCUT2D eigenvalue weighted by molar-refractivity contribution is -0.154. The highest BCUT2D eigenvalue weighted by atomic mass is 32.2. The van der Waals surface area contributed by atoms with E-state index in [1.54, 1.807) is 20.8 Å². The number of piperidine rings is 1. The number of carbonyl (C=O) groups excluding carboxylic acids is 2. The summed E-state index contributed by atoms with van der Waals surface area (Å²) < 4.78 is 25.4. The standard InChI is InChI=1S/C28H47NO6S/c1-25(2,3)19(23(31)29-16-20-21(27(20,7)8)22(29)24(32)33)14-18(30)15-28(12-10-9-11-13-28)17-36(34,35)26(4,5)6/h19-22H,9-17H2,1-8H3,(H,32,33)/t19-,20+,21+,22+/m1/s1. The minimum absolute atomic E-state index is 0.00493. The molecule has 3 fully saturated rings. The van der Waals surface area contributed by atoms with Crippen molar-refractivity contribution >= 4 is 27.5 Å². The van der Waals surface area contributed by atoms with Gasteiger partial charge in [0.1, 0.15) is 11.8 Å². The Bertz CT molecular complexity index is 994. The van der Waals surface area contributed by atoms with E-state index in [2.05, 4.69) is 13.8 Å². The van der Waals surface area contributed by atoms with Crippen LogP contribution in [0.5, 0.6) is 0 Å². The van der Waals surface area contributed by atoms with E-state index in [-0.39, 0.29) is 47.5 Å². The molecule has 36 heavy (non-hydrogen) atoms. The number of likely N-dealkylation sites (tertiary alicyclic amines) is 1. The summed E-state index contributed by atoms with van der Waals surface area (Å²) in [4.78, 5) is 40.9. The van der Waals surface area contributed by atoms with Crippen LogP contribution in [0.4, 0.5) is 0 Å². The molecule has 4 atom stereocenters. The van der Waals surface area contributed by atoms with E-state index in [0.717, 1.165) is 19.3 Å². The van der Waals surface area contributed by atoms with Crippen LogP contribution in [0.3, 0.4) is 0 Å². The van der Waals surface area contributed by atoms with Gasteiger partial charge in [-0.3, -0.25) is 9.59 Å². The number of sulfone groups is 1. The van der Waals surface area contributed by atoms with Crippen molar-refractivity contribution in [2.45, 2.75) is 111 Å². The molecule has 2 aliphatic carbocycles. The minimum Gasteiger partial charge on any atom is -0.480 e. The monoisotopic (exact) mass is 525 g/mol. The molecule has 1 heterocycles. The van der Waals surface area contributed by atoms with E-state index in [0.29, 0.717) is 19.4 Å².